The highest BCUT2D eigenvalue weighted by atomic mass is 19.1. The second-order valence-electron chi connectivity index (χ2n) is 4.38. The van der Waals surface area contributed by atoms with Crippen molar-refractivity contribution in [1.82, 2.24) is 0 Å². The van der Waals surface area contributed by atoms with E-state index in [1.165, 1.54) is 6.07 Å². The Bertz CT molecular complexity index is 335. The number of rotatable bonds is 7. The van der Waals surface area contributed by atoms with Crippen LogP contribution in [-0.4, -0.2) is 23.4 Å². The van der Waals surface area contributed by atoms with Crippen LogP contribution in [0.4, 0.5) is 4.39 Å². The van der Waals surface area contributed by atoms with Gasteiger partial charge >= 0.3 is 0 Å². The highest BCUT2D eigenvalue weighted by Gasteiger charge is 2.14. The van der Waals surface area contributed by atoms with Gasteiger partial charge in [-0.1, -0.05) is 31.9 Å². The molecule has 0 aliphatic heterocycles. The summed E-state index contributed by atoms with van der Waals surface area (Å²) in [5, 5.41) is 18.0. The normalized spacial score (nSPS) is 11.1. The molecule has 0 atom stereocenters. The van der Waals surface area contributed by atoms with Gasteiger partial charge in [0, 0.05) is 5.92 Å². The van der Waals surface area contributed by atoms with E-state index in [0.717, 1.165) is 31.2 Å². The van der Waals surface area contributed by atoms with Crippen molar-refractivity contribution in [3.05, 3.63) is 35.1 Å². The third kappa shape index (κ3) is 4.10. The molecule has 2 nitrogen and oxygen atoms in total. The highest BCUT2D eigenvalue weighted by molar-refractivity contribution is 5.27. The van der Waals surface area contributed by atoms with E-state index < -0.39 is 5.92 Å². The maximum absolute atomic E-state index is 13.8. The second kappa shape index (κ2) is 7.41. The average Bonchev–Trinajstić information content (AvgIpc) is 2.33. The molecule has 0 aromatic heterocycles. The molecule has 1 aromatic carbocycles. The Kier molecular flexibility index (Phi) is 6.16. The number of halogens is 1. The first-order chi connectivity index (χ1) is 8.22. The van der Waals surface area contributed by atoms with Gasteiger partial charge in [-0.3, -0.25) is 0 Å². The summed E-state index contributed by atoms with van der Waals surface area (Å²) in [4.78, 5) is 0. The van der Waals surface area contributed by atoms with E-state index in [-0.39, 0.29) is 19.0 Å². The molecule has 0 unspecified atom stereocenters. The zero-order valence-corrected chi connectivity index (χ0v) is 10.3. The molecule has 2 N–H and O–H groups in total. The van der Waals surface area contributed by atoms with Gasteiger partial charge in [0.15, 0.2) is 0 Å². The van der Waals surface area contributed by atoms with Crippen molar-refractivity contribution in [3.63, 3.8) is 0 Å². The Hall–Kier alpha value is -0.930. The summed E-state index contributed by atoms with van der Waals surface area (Å²) >= 11 is 0. The molecule has 0 aliphatic rings. The predicted octanol–water partition coefficient (Wildman–Crippen LogP) is 2.63. The van der Waals surface area contributed by atoms with Crippen molar-refractivity contribution >= 4 is 0 Å². The lowest BCUT2D eigenvalue weighted by atomic mass is 9.97. The number of aryl methyl sites for hydroxylation is 1. The molecule has 1 aromatic rings. The van der Waals surface area contributed by atoms with Crippen LogP contribution in [-0.2, 0) is 6.42 Å². The van der Waals surface area contributed by atoms with Crippen LogP contribution in [0.3, 0.4) is 0 Å². The Morgan fingerprint density at radius 2 is 1.88 bits per heavy atom. The van der Waals surface area contributed by atoms with E-state index in [0.29, 0.717) is 5.56 Å². The standard InChI is InChI=1S/C14H21FO2/c1-2-3-4-5-11-6-7-13(14(15)8-11)12(9-16)10-17/h6-8,12,16-17H,2-5,9-10H2,1H3. The summed E-state index contributed by atoms with van der Waals surface area (Å²) in [5.74, 6) is -0.841. The second-order valence-corrected chi connectivity index (χ2v) is 4.38. The first-order valence-corrected chi connectivity index (χ1v) is 6.23. The number of unbranched alkanes of at least 4 members (excludes halogenated alkanes) is 2. The predicted molar refractivity (Wildman–Crippen MR) is 66.5 cm³/mol. The van der Waals surface area contributed by atoms with Gasteiger partial charge in [0.1, 0.15) is 5.82 Å². The van der Waals surface area contributed by atoms with Crippen molar-refractivity contribution < 1.29 is 14.6 Å². The maximum Gasteiger partial charge on any atom is 0.127 e. The Morgan fingerprint density at radius 3 is 2.41 bits per heavy atom. The lowest BCUT2D eigenvalue weighted by Crippen LogP contribution is -2.11. The SMILES string of the molecule is CCCCCc1ccc(C(CO)CO)c(F)c1. The van der Waals surface area contributed by atoms with Gasteiger partial charge in [-0.05, 0) is 30.0 Å². The fourth-order valence-corrected chi connectivity index (χ4v) is 1.89. The molecule has 0 bridgehead atoms. The van der Waals surface area contributed by atoms with E-state index in [1.807, 2.05) is 6.07 Å². The summed E-state index contributed by atoms with van der Waals surface area (Å²) in [6, 6.07) is 5.07. The van der Waals surface area contributed by atoms with Crippen LogP contribution in [0.2, 0.25) is 0 Å². The van der Waals surface area contributed by atoms with E-state index in [9.17, 15) is 4.39 Å². The minimum Gasteiger partial charge on any atom is -0.396 e. The zero-order chi connectivity index (χ0) is 12.7. The number of hydrogen-bond acceptors (Lipinski definition) is 2. The maximum atomic E-state index is 13.8. The largest absolute Gasteiger partial charge is 0.396 e. The monoisotopic (exact) mass is 240 g/mol. The molecule has 17 heavy (non-hydrogen) atoms. The first-order valence-electron chi connectivity index (χ1n) is 6.23. The lowest BCUT2D eigenvalue weighted by molar-refractivity contribution is 0.190. The zero-order valence-electron chi connectivity index (χ0n) is 10.3. The number of aliphatic hydroxyl groups is 2. The van der Waals surface area contributed by atoms with Crippen molar-refractivity contribution in [2.24, 2.45) is 0 Å². The Balaban J connectivity index is 2.71. The van der Waals surface area contributed by atoms with Gasteiger partial charge in [0.25, 0.3) is 0 Å². The highest BCUT2D eigenvalue weighted by Crippen LogP contribution is 2.20. The van der Waals surface area contributed by atoms with Crippen LogP contribution < -0.4 is 0 Å². The molecule has 0 fully saturated rings. The van der Waals surface area contributed by atoms with Gasteiger partial charge in [-0.15, -0.1) is 0 Å². The average molecular weight is 240 g/mol. The van der Waals surface area contributed by atoms with Gasteiger partial charge in [-0.2, -0.15) is 0 Å². The van der Waals surface area contributed by atoms with Crippen molar-refractivity contribution in [1.29, 1.82) is 0 Å². The summed E-state index contributed by atoms with van der Waals surface area (Å²) in [5.41, 5.74) is 1.38. The van der Waals surface area contributed by atoms with Gasteiger partial charge < -0.3 is 10.2 Å². The molecule has 0 saturated heterocycles. The van der Waals surface area contributed by atoms with Gasteiger partial charge in [0.2, 0.25) is 0 Å². The van der Waals surface area contributed by atoms with E-state index in [1.54, 1.807) is 6.07 Å². The van der Waals surface area contributed by atoms with E-state index >= 15 is 0 Å². The fraction of sp³-hybridized carbons (Fsp3) is 0.571. The molecule has 0 amide bonds. The molecular formula is C14H21FO2. The smallest absolute Gasteiger partial charge is 0.127 e. The van der Waals surface area contributed by atoms with Crippen LogP contribution >= 0.6 is 0 Å². The van der Waals surface area contributed by atoms with Crippen molar-refractivity contribution in [3.8, 4) is 0 Å². The third-order valence-electron chi connectivity index (χ3n) is 3.01. The molecule has 0 spiro atoms. The molecule has 0 heterocycles. The van der Waals surface area contributed by atoms with Crippen LogP contribution in [0.5, 0.6) is 0 Å². The van der Waals surface area contributed by atoms with Gasteiger partial charge in [-0.25, -0.2) is 4.39 Å². The summed E-state index contributed by atoms with van der Waals surface area (Å²) in [6.07, 6.45) is 4.25. The van der Waals surface area contributed by atoms with Gasteiger partial charge in [0.05, 0.1) is 13.2 Å². The molecule has 0 saturated carbocycles. The third-order valence-corrected chi connectivity index (χ3v) is 3.01. The summed E-state index contributed by atoms with van der Waals surface area (Å²) in [6.45, 7) is 1.67. The molecular weight excluding hydrogens is 219 g/mol. The molecule has 0 radical (unpaired) electrons. The fourth-order valence-electron chi connectivity index (χ4n) is 1.89. The molecule has 0 aliphatic carbocycles. The number of benzene rings is 1. The summed E-state index contributed by atoms with van der Waals surface area (Å²) in [7, 11) is 0. The van der Waals surface area contributed by atoms with Crippen LogP contribution in [0, 0.1) is 5.82 Å². The molecule has 3 heteroatoms. The van der Waals surface area contributed by atoms with E-state index in [2.05, 4.69) is 6.92 Å². The Morgan fingerprint density at radius 1 is 1.18 bits per heavy atom. The molecule has 1 rings (SSSR count). The van der Waals surface area contributed by atoms with Crippen LogP contribution in [0.25, 0.3) is 0 Å². The first kappa shape index (κ1) is 14.1. The topological polar surface area (TPSA) is 40.5 Å². The number of hydrogen-bond donors (Lipinski definition) is 2. The molecule has 96 valence electrons. The summed E-state index contributed by atoms with van der Waals surface area (Å²) < 4.78 is 13.8. The minimum atomic E-state index is -0.514. The van der Waals surface area contributed by atoms with Crippen molar-refractivity contribution in [2.45, 2.75) is 38.5 Å². The van der Waals surface area contributed by atoms with Crippen molar-refractivity contribution in [2.75, 3.05) is 13.2 Å². The lowest BCUT2D eigenvalue weighted by Gasteiger charge is -2.13. The quantitative estimate of drug-likeness (QED) is 0.719. The minimum absolute atomic E-state index is 0.234. The number of aliphatic hydroxyl groups excluding tert-OH is 2. The van der Waals surface area contributed by atoms with Crippen LogP contribution in [0.1, 0.15) is 43.2 Å². The Labute approximate surface area is 102 Å². The van der Waals surface area contributed by atoms with Crippen LogP contribution in [0.15, 0.2) is 18.2 Å². The van der Waals surface area contributed by atoms with E-state index in [4.69, 9.17) is 10.2 Å².